The number of nitrogen functional groups attached to an aromatic ring is 1. The molecule has 1 amide bonds. The van der Waals surface area contributed by atoms with Gasteiger partial charge in [-0.3, -0.25) is 4.79 Å². The number of benzene rings is 1. The van der Waals surface area contributed by atoms with Crippen molar-refractivity contribution < 1.29 is 13.6 Å². The molecule has 0 aliphatic carbocycles. The highest BCUT2D eigenvalue weighted by atomic mass is 19.1. The summed E-state index contributed by atoms with van der Waals surface area (Å²) in [6, 6.07) is 1.33. The Morgan fingerprint density at radius 1 is 1.47 bits per heavy atom. The van der Waals surface area contributed by atoms with E-state index in [2.05, 4.69) is 5.32 Å². The molecule has 0 radical (unpaired) electrons. The molecule has 1 atom stereocenters. The highest BCUT2D eigenvalue weighted by Crippen LogP contribution is 2.25. The smallest absolute Gasteiger partial charge is 0.244 e. The second-order valence-corrected chi connectivity index (χ2v) is 4.09. The molecule has 1 aliphatic heterocycles. The number of anilines is 2. The van der Waals surface area contributed by atoms with Crippen LogP contribution in [0.2, 0.25) is 0 Å². The van der Waals surface area contributed by atoms with Crippen LogP contribution in [0.4, 0.5) is 20.2 Å². The lowest BCUT2D eigenvalue weighted by molar-refractivity contribution is -0.127. The van der Waals surface area contributed by atoms with Crippen LogP contribution in [0.5, 0.6) is 0 Å². The Hall–Kier alpha value is -1.85. The third-order valence-electron chi connectivity index (χ3n) is 2.85. The molecule has 2 rings (SSSR count). The first-order valence-electron chi connectivity index (χ1n) is 5.25. The summed E-state index contributed by atoms with van der Waals surface area (Å²) < 4.78 is 26.2. The highest BCUT2D eigenvalue weighted by molar-refractivity contribution is 5.87. The summed E-state index contributed by atoms with van der Waals surface area (Å²) in [5.74, 6) is -1.65. The van der Waals surface area contributed by atoms with Crippen molar-refractivity contribution in [2.75, 3.05) is 24.6 Å². The summed E-state index contributed by atoms with van der Waals surface area (Å²) in [5.41, 5.74) is 5.43. The van der Waals surface area contributed by atoms with Gasteiger partial charge in [0, 0.05) is 19.7 Å². The van der Waals surface area contributed by atoms with Crippen molar-refractivity contribution in [3.63, 3.8) is 0 Å². The van der Waals surface area contributed by atoms with E-state index < -0.39 is 17.7 Å². The molecule has 0 saturated carbocycles. The summed E-state index contributed by atoms with van der Waals surface area (Å²) >= 11 is 0. The van der Waals surface area contributed by atoms with Crippen molar-refractivity contribution in [3.8, 4) is 0 Å². The lowest BCUT2D eigenvalue weighted by Crippen LogP contribution is -2.31. The molecule has 1 aromatic carbocycles. The molecule has 1 saturated heterocycles. The molecule has 0 spiro atoms. The van der Waals surface area contributed by atoms with E-state index in [1.807, 2.05) is 0 Å². The van der Waals surface area contributed by atoms with Crippen molar-refractivity contribution >= 4 is 17.3 Å². The molecule has 17 heavy (non-hydrogen) atoms. The molecule has 1 aliphatic rings. The number of nitrogens with zero attached hydrogens (tertiary/aromatic N) is 1. The molecule has 0 aromatic heterocycles. The maximum Gasteiger partial charge on any atom is 0.244 e. The largest absolute Gasteiger partial charge is 0.395 e. The molecule has 6 heteroatoms. The maximum absolute atomic E-state index is 13.2. The zero-order valence-electron chi connectivity index (χ0n) is 9.34. The first-order valence-corrected chi connectivity index (χ1v) is 5.25. The van der Waals surface area contributed by atoms with Gasteiger partial charge >= 0.3 is 0 Å². The number of nitrogens with one attached hydrogen (secondary N) is 1. The topological polar surface area (TPSA) is 58.4 Å². The van der Waals surface area contributed by atoms with Gasteiger partial charge in [0.15, 0.2) is 5.82 Å². The van der Waals surface area contributed by atoms with Crippen molar-refractivity contribution in [1.29, 1.82) is 0 Å². The zero-order valence-corrected chi connectivity index (χ0v) is 9.34. The molecule has 92 valence electrons. The number of nitrogens with two attached hydrogens (primary N) is 1. The quantitative estimate of drug-likeness (QED) is 0.765. The Balaban J connectivity index is 2.22. The molecular weight excluding hydrogens is 228 g/mol. The van der Waals surface area contributed by atoms with E-state index in [1.165, 1.54) is 0 Å². The van der Waals surface area contributed by atoms with Crippen LogP contribution in [0.3, 0.4) is 0 Å². The molecule has 1 unspecified atom stereocenters. The van der Waals surface area contributed by atoms with Gasteiger partial charge in [-0.15, -0.1) is 0 Å². The van der Waals surface area contributed by atoms with Crippen molar-refractivity contribution in [2.24, 2.45) is 0 Å². The van der Waals surface area contributed by atoms with E-state index in [1.54, 1.807) is 11.9 Å². The predicted molar refractivity (Wildman–Crippen MR) is 60.4 cm³/mol. The number of likely N-dealkylation sites (tertiary alicyclic amines) is 1. The van der Waals surface area contributed by atoms with Crippen molar-refractivity contribution in [3.05, 3.63) is 23.8 Å². The van der Waals surface area contributed by atoms with E-state index in [-0.39, 0.29) is 17.3 Å². The molecular formula is C11H13F2N3O. The first kappa shape index (κ1) is 11.6. The summed E-state index contributed by atoms with van der Waals surface area (Å²) in [5, 5.41) is 2.77. The van der Waals surface area contributed by atoms with Gasteiger partial charge in [0.05, 0.1) is 11.4 Å². The first-order chi connectivity index (χ1) is 7.99. The average molecular weight is 241 g/mol. The van der Waals surface area contributed by atoms with Crippen LogP contribution in [0.15, 0.2) is 12.1 Å². The number of halogens is 2. The Bertz CT molecular complexity index is 464. The van der Waals surface area contributed by atoms with E-state index in [4.69, 9.17) is 5.73 Å². The molecule has 0 bridgehead atoms. The van der Waals surface area contributed by atoms with E-state index in [0.717, 1.165) is 6.07 Å². The summed E-state index contributed by atoms with van der Waals surface area (Å²) in [6.07, 6.45) is 0.590. The van der Waals surface area contributed by atoms with Gasteiger partial charge in [0.25, 0.3) is 0 Å². The minimum absolute atomic E-state index is 0.103. The number of hydrogen-bond acceptors (Lipinski definition) is 3. The second kappa shape index (κ2) is 4.20. The number of carbonyl (C=O) groups is 1. The Morgan fingerprint density at radius 3 is 2.76 bits per heavy atom. The monoisotopic (exact) mass is 241 g/mol. The molecule has 1 heterocycles. The van der Waals surface area contributed by atoms with Crippen LogP contribution in [0.1, 0.15) is 6.42 Å². The predicted octanol–water partition coefficient (Wildman–Crippen LogP) is 1.19. The molecule has 1 aromatic rings. The van der Waals surface area contributed by atoms with Gasteiger partial charge in [-0.05, 0) is 12.5 Å². The third kappa shape index (κ3) is 2.15. The van der Waals surface area contributed by atoms with Crippen LogP contribution in [0, 0.1) is 11.6 Å². The standard InChI is InChI=1S/C11H13F2N3O/c1-16-3-2-8(11(16)17)15-9-5-6(12)4-7(13)10(9)14/h4-5,8,15H,2-3,14H2,1H3. The summed E-state index contributed by atoms with van der Waals surface area (Å²) in [6.45, 7) is 0.619. The van der Waals surface area contributed by atoms with Crippen LogP contribution in [-0.2, 0) is 4.79 Å². The number of rotatable bonds is 2. The van der Waals surface area contributed by atoms with Crippen LogP contribution in [-0.4, -0.2) is 30.4 Å². The van der Waals surface area contributed by atoms with Gasteiger partial charge < -0.3 is 16.0 Å². The van der Waals surface area contributed by atoms with Gasteiger partial charge in [-0.2, -0.15) is 0 Å². The fourth-order valence-electron chi connectivity index (χ4n) is 1.85. The third-order valence-corrected chi connectivity index (χ3v) is 2.85. The van der Waals surface area contributed by atoms with Crippen LogP contribution >= 0.6 is 0 Å². The van der Waals surface area contributed by atoms with Gasteiger partial charge in [-0.25, -0.2) is 8.78 Å². The summed E-state index contributed by atoms with van der Waals surface area (Å²) in [4.78, 5) is 13.2. The number of amides is 1. The highest BCUT2D eigenvalue weighted by Gasteiger charge is 2.29. The minimum Gasteiger partial charge on any atom is -0.395 e. The number of hydrogen-bond donors (Lipinski definition) is 2. The number of likely N-dealkylation sites (N-methyl/N-ethyl adjacent to an activating group) is 1. The number of carbonyl (C=O) groups excluding carboxylic acids is 1. The van der Waals surface area contributed by atoms with E-state index in [9.17, 15) is 13.6 Å². The second-order valence-electron chi connectivity index (χ2n) is 4.09. The fraction of sp³-hybridized carbons (Fsp3) is 0.364. The van der Waals surface area contributed by atoms with Gasteiger partial charge in [0.1, 0.15) is 11.9 Å². The molecule has 4 nitrogen and oxygen atoms in total. The van der Waals surface area contributed by atoms with E-state index in [0.29, 0.717) is 19.0 Å². The zero-order chi connectivity index (χ0) is 12.6. The Morgan fingerprint density at radius 2 is 2.18 bits per heavy atom. The maximum atomic E-state index is 13.2. The van der Waals surface area contributed by atoms with Crippen LogP contribution < -0.4 is 11.1 Å². The fourth-order valence-corrected chi connectivity index (χ4v) is 1.85. The Labute approximate surface area is 97.4 Å². The lowest BCUT2D eigenvalue weighted by Gasteiger charge is -2.15. The average Bonchev–Trinajstić information content (AvgIpc) is 2.57. The van der Waals surface area contributed by atoms with Gasteiger partial charge in [-0.1, -0.05) is 0 Å². The Kier molecular flexibility index (Phi) is 2.87. The van der Waals surface area contributed by atoms with Crippen molar-refractivity contribution in [1.82, 2.24) is 4.90 Å². The SMILES string of the molecule is CN1CCC(Nc2cc(F)cc(F)c2N)C1=O. The van der Waals surface area contributed by atoms with E-state index >= 15 is 0 Å². The lowest BCUT2D eigenvalue weighted by atomic mass is 10.2. The normalized spacial score (nSPS) is 19.8. The van der Waals surface area contributed by atoms with Crippen molar-refractivity contribution in [2.45, 2.75) is 12.5 Å². The van der Waals surface area contributed by atoms with Crippen LogP contribution in [0.25, 0.3) is 0 Å². The molecule has 1 fully saturated rings. The van der Waals surface area contributed by atoms with Gasteiger partial charge in [0.2, 0.25) is 5.91 Å². The summed E-state index contributed by atoms with van der Waals surface area (Å²) in [7, 11) is 1.68. The molecule has 3 N–H and O–H groups in total. The minimum atomic E-state index is -0.827.